The molecule has 0 aliphatic carbocycles. The van der Waals surface area contributed by atoms with Gasteiger partial charge in [0.1, 0.15) is 17.1 Å². The van der Waals surface area contributed by atoms with E-state index in [2.05, 4.69) is 4.98 Å². The van der Waals surface area contributed by atoms with Gasteiger partial charge in [-0.2, -0.15) is 0 Å². The SMILES string of the molecule is CCOC(=O)Cc1cn2c(C=O)c(-c3cccc(OCC)c3)nc2s1. The maximum absolute atomic E-state index is 11.6. The number of imidazole rings is 1. The lowest BCUT2D eigenvalue weighted by molar-refractivity contribution is -0.142. The predicted octanol–water partition coefficient (Wildman–Crippen LogP) is 3.38. The predicted molar refractivity (Wildman–Crippen MR) is 95.4 cm³/mol. The van der Waals surface area contributed by atoms with Crippen molar-refractivity contribution in [2.24, 2.45) is 0 Å². The second-order valence-corrected chi connectivity index (χ2v) is 6.35. The molecule has 0 atom stereocenters. The van der Waals surface area contributed by atoms with E-state index in [9.17, 15) is 9.59 Å². The standard InChI is InChI=1S/C18H18N2O4S/c1-3-23-13-7-5-6-12(8-13)17-15(11-21)20-10-14(25-18(20)19-17)9-16(22)24-4-2/h5-8,10-11H,3-4,9H2,1-2H3. The Hall–Kier alpha value is -2.67. The molecule has 130 valence electrons. The molecule has 25 heavy (non-hydrogen) atoms. The molecular weight excluding hydrogens is 340 g/mol. The molecule has 0 bridgehead atoms. The minimum Gasteiger partial charge on any atom is -0.494 e. The molecule has 2 aromatic heterocycles. The maximum atomic E-state index is 11.6. The Labute approximate surface area is 149 Å². The van der Waals surface area contributed by atoms with Crippen molar-refractivity contribution in [1.82, 2.24) is 9.38 Å². The normalized spacial score (nSPS) is 10.8. The fourth-order valence-corrected chi connectivity index (χ4v) is 3.54. The highest BCUT2D eigenvalue weighted by atomic mass is 32.1. The van der Waals surface area contributed by atoms with Gasteiger partial charge in [-0.05, 0) is 26.0 Å². The van der Waals surface area contributed by atoms with Crippen LogP contribution in [0.5, 0.6) is 5.75 Å². The molecule has 0 unspecified atom stereocenters. The van der Waals surface area contributed by atoms with Crippen molar-refractivity contribution >= 4 is 28.6 Å². The number of rotatable bonds is 7. The lowest BCUT2D eigenvalue weighted by Crippen LogP contribution is -2.06. The van der Waals surface area contributed by atoms with E-state index in [4.69, 9.17) is 9.47 Å². The van der Waals surface area contributed by atoms with Crippen molar-refractivity contribution in [2.45, 2.75) is 20.3 Å². The molecule has 0 aliphatic rings. The Balaban J connectivity index is 1.97. The number of aldehydes is 1. The number of carbonyl (C=O) groups is 2. The minimum absolute atomic E-state index is 0.176. The van der Waals surface area contributed by atoms with Gasteiger partial charge in [-0.3, -0.25) is 14.0 Å². The van der Waals surface area contributed by atoms with Crippen LogP contribution in [0.1, 0.15) is 29.2 Å². The summed E-state index contributed by atoms with van der Waals surface area (Å²) in [7, 11) is 0. The third kappa shape index (κ3) is 3.56. The molecule has 2 heterocycles. The van der Waals surface area contributed by atoms with Crippen LogP contribution in [0.25, 0.3) is 16.2 Å². The van der Waals surface area contributed by atoms with E-state index >= 15 is 0 Å². The summed E-state index contributed by atoms with van der Waals surface area (Å²) in [6.07, 6.45) is 2.72. The number of aromatic nitrogens is 2. The van der Waals surface area contributed by atoms with E-state index in [0.717, 1.165) is 22.5 Å². The van der Waals surface area contributed by atoms with Gasteiger partial charge in [0.2, 0.25) is 0 Å². The molecule has 3 rings (SSSR count). The Morgan fingerprint density at radius 1 is 1.32 bits per heavy atom. The first-order valence-electron chi connectivity index (χ1n) is 8.01. The largest absolute Gasteiger partial charge is 0.494 e. The zero-order valence-electron chi connectivity index (χ0n) is 14.0. The third-order valence-electron chi connectivity index (χ3n) is 3.57. The van der Waals surface area contributed by atoms with Gasteiger partial charge >= 0.3 is 5.97 Å². The van der Waals surface area contributed by atoms with E-state index in [-0.39, 0.29) is 12.4 Å². The van der Waals surface area contributed by atoms with Gasteiger partial charge in [0.05, 0.1) is 19.6 Å². The number of esters is 1. The molecule has 0 saturated carbocycles. The smallest absolute Gasteiger partial charge is 0.311 e. The quantitative estimate of drug-likeness (QED) is 0.478. The van der Waals surface area contributed by atoms with Gasteiger partial charge in [0, 0.05) is 16.6 Å². The molecule has 0 aliphatic heterocycles. The van der Waals surface area contributed by atoms with Gasteiger partial charge in [0.15, 0.2) is 11.2 Å². The molecule has 0 fully saturated rings. The lowest BCUT2D eigenvalue weighted by atomic mass is 10.1. The fraction of sp³-hybridized carbons (Fsp3) is 0.278. The first-order valence-corrected chi connectivity index (χ1v) is 8.82. The topological polar surface area (TPSA) is 69.9 Å². The van der Waals surface area contributed by atoms with E-state index in [1.807, 2.05) is 31.2 Å². The molecule has 6 nitrogen and oxygen atoms in total. The Kier molecular flexibility index (Phi) is 5.14. The fourth-order valence-electron chi connectivity index (χ4n) is 2.57. The summed E-state index contributed by atoms with van der Waals surface area (Å²) in [5, 5.41) is 0. The van der Waals surface area contributed by atoms with Gasteiger partial charge < -0.3 is 9.47 Å². The summed E-state index contributed by atoms with van der Waals surface area (Å²) in [4.78, 5) is 29.3. The lowest BCUT2D eigenvalue weighted by Gasteiger charge is -2.05. The summed E-state index contributed by atoms with van der Waals surface area (Å²) in [5.41, 5.74) is 1.87. The molecule has 0 saturated heterocycles. The van der Waals surface area contributed by atoms with Crippen molar-refractivity contribution in [2.75, 3.05) is 13.2 Å². The summed E-state index contributed by atoms with van der Waals surface area (Å²) in [6.45, 7) is 4.61. The molecule has 0 N–H and O–H groups in total. The summed E-state index contributed by atoms with van der Waals surface area (Å²) >= 11 is 1.37. The molecule has 0 spiro atoms. The van der Waals surface area contributed by atoms with E-state index in [1.165, 1.54) is 11.3 Å². The van der Waals surface area contributed by atoms with Crippen LogP contribution < -0.4 is 4.74 Å². The molecule has 1 aromatic carbocycles. The maximum Gasteiger partial charge on any atom is 0.311 e. The Morgan fingerprint density at radius 2 is 2.16 bits per heavy atom. The first-order chi connectivity index (χ1) is 12.2. The van der Waals surface area contributed by atoms with E-state index in [0.29, 0.717) is 29.6 Å². The number of hydrogen-bond donors (Lipinski definition) is 0. The second-order valence-electron chi connectivity index (χ2n) is 5.26. The van der Waals surface area contributed by atoms with Crippen molar-refractivity contribution < 1.29 is 19.1 Å². The van der Waals surface area contributed by atoms with Crippen molar-refractivity contribution in [3.05, 3.63) is 41.0 Å². The van der Waals surface area contributed by atoms with Crippen LogP contribution in [0.4, 0.5) is 0 Å². The third-order valence-corrected chi connectivity index (χ3v) is 4.55. The van der Waals surface area contributed by atoms with Crippen LogP contribution in [0.15, 0.2) is 30.5 Å². The van der Waals surface area contributed by atoms with Gasteiger partial charge in [-0.15, -0.1) is 11.3 Å². The van der Waals surface area contributed by atoms with Crippen LogP contribution in [-0.4, -0.2) is 34.9 Å². The summed E-state index contributed by atoms with van der Waals surface area (Å²) in [6, 6.07) is 7.49. The number of fused-ring (bicyclic) bond motifs is 1. The first kappa shape index (κ1) is 17.2. The van der Waals surface area contributed by atoms with Crippen molar-refractivity contribution in [3.63, 3.8) is 0 Å². The van der Waals surface area contributed by atoms with Gasteiger partial charge in [-0.1, -0.05) is 12.1 Å². The Bertz CT molecular complexity index is 913. The van der Waals surface area contributed by atoms with Crippen LogP contribution >= 0.6 is 11.3 Å². The molecule has 0 radical (unpaired) electrons. The highest BCUT2D eigenvalue weighted by molar-refractivity contribution is 7.17. The average Bonchev–Trinajstić information content (AvgIpc) is 3.12. The van der Waals surface area contributed by atoms with Crippen LogP contribution in [0, 0.1) is 0 Å². The highest BCUT2D eigenvalue weighted by Crippen LogP contribution is 2.29. The molecular formula is C18H18N2O4S. The molecule has 0 amide bonds. The summed E-state index contributed by atoms with van der Waals surface area (Å²) < 4.78 is 12.2. The van der Waals surface area contributed by atoms with Crippen molar-refractivity contribution in [3.8, 4) is 17.0 Å². The second kappa shape index (κ2) is 7.48. The van der Waals surface area contributed by atoms with Crippen LogP contribution in [-0.2, 0) is 16.0 Å². The zero-order chi connectivity index (χ0) is 17.8. The zero-order valence-corrected chi connectivity index (χ0v) is 14.8. The highest BCUT2D eigenvalue weighted by Gasteiger charge is 2.17. The minimum atomic E-state index is -0.288. The van der Waals surface area contributed by atoms with Gasteiger partial charge in [-0.25, -0.2) is 4.98 Å². The van der Waals surface area contributed by atoms with Gasteiger partial charge in [0.25, 0.3) is 0 Å². The number of hydrogen-bond acceptors (Lipinski definition) is 6. The number of ether oxygens (including phenoxy) is 2. The monoisotopic (exact) mass is 358 g/mol. The number of nitrogens with zero attached hydrogens (tertiary/aromatic N) is 2. The van der Waals surface area contributed by atoms with Crippen molar-refractivity contribution in [1.29, 1.82) is 0 Å². The summed E-state index contributed by atoms with van der Waals surface area (Å²) in [5.74, 6) is 0.445. The van der Waals surface area contributed by atoms with E-state index in [1.54, 1.807) is 17.5 Å². The van der Waals surface area contributed by atoms with Crippen LogP contribution in [0.2, 0.25) is 0 Å². The van der Waals surface area contributed by atoms with E-state index < -0.39 is 0 Å². The molecule has 3 aromatic rings. The number of carbonyl (C=O) groups excluding carboxylic acids is 2. The van der Waals surface area contributed by atoms with Crippen LogP contribution in [0.3, 0.4) is 0 Å². The number of thiazole rings is 1. The average molecular weight is 358 g/mol. The molecule has 7 heteroatoms. The number of benzene rings is 1. The Morgan fingerprint density at radius 3 is 2.88 bits per heavy atom.